The fourth-order valence-corrected chi connectivity index (χ4v) is 5.18. The van der Waals surface area contributed by atoms with E-state index in [9.17, 15) is 18.0 Å². The summed E-state index contributed by atoms with van der Waals surface area (Å²) >= 11 is 0. The number of hydrogen-bond donors (Lipinski definition) is 0. The Kier molecular flexibility index (Phi) is 5.03. The first-order valence-corrected chi connectivity index (χ1v) is 10.8. The molecule has 0 radical (unpaired) electrons. The summed E-state index contributed by atoms with van der Waals surface area (Å²) in [5.74, 6) is -0.745. The van der Waals surface area contributed by atoms with E-state index in [0.29, 0.717) is 38.8 Å². The highest BCUT2D eigenvalue weighted by atomic mass is 32.2. The fraction of sp³-hybridized carbons (Fsp3) is 0.333. The second-order valence-electron chi connectivity index (χ2n) is 7.14. The smallest absolute Gasteiger partial charge is 0.338 e. The van der Waals surface area contributed by atoms with Crippen molar-refractivity contribution in [1.29, 1.82) is 0 Å². The van der Waals surface area contributed by atoms with Crippen molar-refractivity contribution < 1.29 is 22.7 Å². The lowest BCUT2D eigenvalue weighted by molar-refractivity contribution is -0.124. The molecule has 6 nitrogen and oxygen atoms in total. The van der Waals surface area contributed by atoms with Crippen LogP contribution in [0, 0.1) is 0 Å². The number of ketones is 1. The number of Topliss-reactive ketones (excluding diaryl/α,β-unsaturated/α-hetero) is 1. The Morgan fingerprint density at radius 3 is 2.57 bits per heavy atom. The molecule has 0 N–H and O–H groups in total. The predicted octanol–water partition coefficient (Wildman–Crippen LogP) is 2.71. The molecule has 28 heavy (non-hydrogen) atoms. The molecule has 1 aliphatic heterocycles. The van der Waals surface area contributed by atoms with Gasteiger partial charge in [-0.25, -0.2) is 13.2 Å². The molecule has 1 saturated carbocycles. The molecule has 0 unspecified atom stereocenters. The van der Waals surface area contributed by atoms with Crippen LogP contribution in [0.4, 0.5) is 0 Å². The maximum absolute atomic E-state index is 13.1. The van der Waals surface area contributed by atoms with Crippen LogP contribution in [0.15, 0.2) is 53.4 Å². The predicted molar refractivity (Wildman–Crippen MR) is 102 cm³/mol. The minimum Gasteiger partial charge on any atom is -0.451 e. The number of sulfonamides is 1. The largest absolute Gasteiger partial charge is 0.451 e. The summed E-state index contributed by atoms with van der Waals surface area (Å²) in [5, 5.41) is 0. The van der Waals surface area contributed by atoms with Crippen molar-refractivity contribution in [1.82, 2.24) is 4.31 Å². The highest BCUT2D eigenvalue weighted by molar-refractivity contribution is 7.89. The van der Waals surface area contributed by atoms with E-state index in [0.717, 1.165) is 11.1 Å². The second kappa shape index (κ2) is 7.48. The highest BCUT2D eigenvalue weighted by Gasteiger charge is 2.31. The monoisotopic (exact) mass is 399 g/mol. The van der Waals surface area contributed by atoms with E-state index < -0.39 is 22.1 Å². The summed E-state index contributed by atoms with van der Waals surface area (Å²) in [7, 11) is -3.74. The van der Waals surface area contributed by atoms with Gasteiger partial charge in [0.1, 0.15) is 0 Å². The van der Waals surface area contributed by atoms with E-state index in [4.69, 9.17) is 4.74 Å². The van der Waals surface area contributed by atoms with Crippen LogP contribution in [0.25, 0.3) is 0 Å². The number of benzene rings is 2. The molecule has 1 aliphatic carbocycles. The number of carbonyl (C=O) groups excluding carboxylic acids is 2. The molecular weight excluding hydrogens is 378 g/mol. The number of ether oxygens (including phenoxy) is 1. The van der Waals surface area contributed by atoms with Gasteiger partial charge in [-0.1, -0.05) is 30.3 Å². The molecule has 7 heteroatoms. The van der Waals surface area contributed by atoms with Gasteiger partial charge >= 0.3 is 5.97 Å². The van der Waals surface area contributed by atoms with Crippen molar-refractivity contribution in [3.05, 3.63) is 65.2 Å². The number of rotatable bonds is 4. The molecular formula is C21H21NO5S. The average molecular weight is 399 g/mol. The minimum atomic E-state index is -3.74. The number of esters is 1. The Morgan fingerprint density at radius 2 is 1.82 bits per heavy atom. The van der Waals surface area contributed by atoms with Crippen molar-refractivity contribution in [2.75, 3.05) is 6.54 Å². The SMILES string of the molecule is O=C(O[C@H]1CCCC1=O)c1cccc(S(=O)(=O)N2CCc3ccccc3C2)c1. The summed E-state index contributed by atoms with van der Waals surface area (Å²) in [4.78, 5) is 24.1. The summed E-state index contributed by atoms with van der Waals surface area (Å²) in [6.45, 7) is 0.703. The van der Waals surface area contributed by atoms with Gasteiger partial charge in [-0.05, 0) is 48.6 Å². The van der Waals surface area contributed by atoms with Gasteiger partial charge in [0.25, 0.3) is 0 Å². The number of fused-ring (bicyclic) bond motifs is 1. The molecule has 1 fully saturated rings. The topological polar surface area (TPSA) is 80.8 Å². The maximum atomic E-state index is 13.1. The van der Waals surface area contributed by atoms with Crippen molar-refractivity contribution in [3.8, 4) is 0 Å². The third-order valence-electron chi connectivity index (χ3n) is 5.30. The third kappa shape index (κ3) is 3.59. The summed E-state index contributed by atoms with van der Waals surface area (Å²) in [6.07, 6.45) is 1.59. The second-order valence-corrected chi connectivity index (χ2v) is 9.08. The molecule has 1 heterocycles. The quantitative estimate of drug-likeness (QED) is 0.739. The molecule has 0 amide bonds. The molecule has 0 saturated heterocycles. The van der Waals surface area contributed by atoms with Crippen molar-refractivity contribution in [3.63, 3.8) is 0 Å². The Hall–Kier alpha value is -2.51. The van der Waals surface area contributed by atoms with Crippen LogP contribution >= 0.6 is 0 Å². The third-order valence-corrected chi connectivity index (χ3v) is 7.14. The Balaban J connectivity index is 1.55. The van der Waals surface area contributed by atoms with Gasteiger partial charge in [0, 0.05) is 19.5 Å². The van der Waals surface area contributed by atoms with Gasteiger partial charge < -0.3 is 4.74 Å². The summed E-state index contributed by atoms with van der Waals surface area (Å²) in [5.41, 5.74) is 2.29. The van der Waals surface area contributed by atoms with E-state index in [1.807, 2.05) is 24.3 Å². The van der Waals surface area contributed by atoms with Crippen molar-refractivity contribution in [2.45, 2.75) is 43.2 Å². The normalized spacial score (nSPS) is 20.0. The summed E-state index contributed by atoms with van der Waals surface area (Å²) in [6, 6.07) is 13.6. The molecule has 146 valence electrons. The Bertz CT molecular complexity index is 1030. The van der Waals surface area contributed by atoms with Gasteiger partial charge in [-0.2, -0.15) is 4.31 Å². The van der Waals surface area contributed by atoms with E-state index in [2.05, 4.69) is 0 Å². The van der Waals surface area contributed by atoms with E-state index >= 15 is 0 Å². The van der Waals surface area contributed by atoms with Crippen LogP contribution in [0.1, 0.15) is 40.7 Å². The van der Waals surface area contributed by atoms with E-state index in [1.54, 1.807) is 0 Å². The molecule has 0 spiro atoms. The van der Waals surface area contributed by atoms with E-state index in [-0.39, 0.29) is 16.2 Å². The van der Waals surface area contributed by atoms with Crippen molar-refractivity contribution >= 4 is 21.8 Å². The first-order valence-electron chi connectivity index (χ1n) is 9.36. The minimum absolute atomic E-state index is 0.0547. The molecule has 2 aliphatic rings. The van der Waals surface area contributed by atoms with Gasteiger partial charge in [-0.15, -0.1) is 0 Å². The first kappa shape index (κ1) is 18.8. The zero-order chi connectivity index (χ0) is 19.7. The molecule has 4 rings (SSSR count). The maximum Gasteiger partial charge on any atom is 0.338 e. The van der Waals surface area contributed by atoms with E-state index in [1.165, 1.54) is 28.6 Å². The standard InChI is InChI=1S/C21H21NO5S/c23-19-9-4-10-20(19)27-21(24)16-7-3-8-18(13-16)28(25,26)22-12-11-15-5-1-2-6-17(15)14-22/h1-3,5-8,13,20H,4,9-12,14H2/t20-/m0/s1. The Morgan fingerprint density at radius 1 is 1.04 bits per heavy atom. The molecule has 2 aromatic rings. The number of carbonyl (C=O) groups is 2. The lowest BCUT2D eigenvalue weighted by atomic mass is 10.0. The van der Waals surface area contributed by atoms with Gasteiger partial charge in [0.2, 0.25) is 10.0 Å². The molecule has 2 aromatic carbocycles. The van der Waals surface area contributed by atoms with Crippen molar-refractivity contribution in [2.24, 2.45) is 0 Å². The van der Waals surface area contributed by atoms with Crippen LogP contribution < -0.4 is 0 Å². The lowest BCUT2D eigenvalue weighted by Crippen LogP contribution is -2.36. The van der Waals surface area contributed by atoms with Crippen LogP contribution in [-0.2, 0) is 32.5 Å². The zero-order valence-corrected chi connectivity index (χ0v) is 16.2. The average Bonchev–Trinajstić information content (AvgIpc) is 3.12. The number of nitrogens with zero attached hydrogens (tertiary/aromatic N) is 1. The molecule has 0 bridgehead atoms. The fourth-order valence-electron chi connectivity index (χ4n) is 3.71. The van der Waals surface area contributed by atoms with Gasteiger partial charge in [0.05, 0.1) is 10.5 Å². The van der Waals surface area contributed by atoms with Gasteiger partial charge in [0.15, 0.2) is 11.9 Å². The molecule has 0 aromatic heterocycles. The zero-order valence-electron chi connectivity index (χ0n) is 15.3. The summed E-state index contributed by atoms with van der Waals surface area (Å²) < 4.78 is 32.9. The van der Waals surface area contributed by atoms with Crippen LogP contribution in [0.2, 0.25) is 0 Å². The van der Waals surface area contributed by atoms with Crippen LogP contribution in [0.5, 0.6) is 0 Å². The Labute approximate surface area is 164 Å². The van der Waals surface area contributed by atoms with Crippen LogP contribution in [-0.4, -0.2) is 37.1 Å². The lowest BCUT2D eigenvalue weighted by Gasteiger charge is -2.28. The van der Waals surface area contributed by atoms with Crippen LogP contribution in [0.3, 0.4) is 0 Å². The highest BCUT2D eigenvalue weighted by Crippen LogP contribution is 2.26. The van der Waals surface area contributed by atoms with Gasteiger partial charge in [-0.3, -0.25) is 4.79 Å². The number of hydrogen-bond acceptors (Lipinski definition) is 5. The first-order chi connectivity index (χ1) is 13.4. The molecule has 1 atom stereocenters.